The number of carbonyl (C=O) groups excluding carboxylic acids is 1. The van der Waals surface area contributed by atoms with Gasteiger partial charge < -0.3 is 4.90 Å². The fourth-order valence-corrected chi connectivity index (χ4v) is 4.63. The lowest BCUT2D eigenvalue weighted by atomic mass is 9.97. The summed E-state index contributed by atoms with van der Waals surface area (Å²) < 4.78 is 27.7. The van der Waals surface area contributed by atoms with Gasteiger partial charge in [0.1, 0.15) is 0 Å². The number of fused-ring (bicyclic) bond motifs is 1. The lowest BCUT2D eigenvalue weighted by Gasteiger charge is -2.30. The lowest BCUT2D eigenvalue weighted by molar-refractivity contribution is -0.118. The first-order chi connectivity index (χ1) is 12.8. The molecular weight excluding hydrogens is 384 g/mol. The Hall–Kier alpha value is -2.31. The minimum Gasteiger partial charge on any atom is -0.308 e. The van der Waals surface area contributed by atoms with E-state index in [-0.39, 0.29) is 11.7 Å². The van der Waals surface area contributed by atoms with Gasteiger partial charge in [0.15, 0.2) is 0 Å². The summed E-state index contributed by atoms with van der Waals surface area (Å²) in [6.07, 6.45) is 2.69. The summed E-state index contributed by atoms with van der Waals surface area (Å²) in [6.45, 7) is 6.03. The van der Waals surface area contributed by atoms with Crippen LogP contribution in [0.5, 0.6) is 0 Å². The molecule has 1 aliphatic heterocycles. The highest BCUT2D eigenvalue weighted by Gasteiger charge is 2.26. The standard InChI is InChI=1S/C20H21ClN2O3S/c1-3-10-23-19(24)9-6-16-12-18(11-14(2)20(16)23)22-27(25,26)13-15-4-7-17(21)8-5-15/h3-5,7-8,11-12,22H,1,6,9-10,13H2,2H3. The summed E-state index contributed by atoms with van der Waals surface area (Å²) in [6, 6.07) is 10.3. The summed E-state index contributed by atoms with van der Waals surface area (Å²) in [4.78, 5) is 13.9. The Balaban J connectivity index is 1.86. The Morgan fingerprint density at radius 2 is 1.93 bits per heavy atom. The van der Waals surface area contributed by atoms with Crippen molar-refractivity contribution in [1.29, 1.82) is 0 Å². The SMILES string of the molecule is C=CCN1C(=O)CCc2cc(NS(=O)(=O)Cc3ccc(Cl)cc3)cc(C)c21. The molecule has 0 fully saturated rings. The van der Waals surface area contributed by atoms with Crippen molar-refractivity contribution >= 4 is 38.9 Å². The first-order valence-corrected chi connectivity index (χ1v) is 10.6. The molecule has 0 saturated carbocycles. The van der Waals surface area contributed by atoms with Crippen molar-refractivity contribution in [2.24, 2.45) is 0 Å². The van der Waals surface area contributed by atoms with Gasteiger partial charge in [0, 0.05) is 23.7 Å². The Morgan fingerprint density at radius 3 is 2.59 bits per heavy atom. The van der Waals surface area contributed by atoms with Crippen LogP contribution in [0.4, 0.5) is 11.4 Å². The molecule has 0 aromatic heterocycles. The minimum atomic E-state index is -3.57. The molecule has 7 heteroatoms. The monoisotopic (exact) mass is 404 g/mol. The van der Waals surface area contributed by atoms with Crippen LogP contribution in [0, 0.1) is 6.92 Å². The van der Waals surface area contributed by atoms with Crippen LogP contribution < -0.4 is 9.62 Å². The molecule has 1 aliphatic rings. The first-order valence-electron chi connectivity index (χ1n) is 8.59. The number of hydrogen-bond donors (Lipinski definition) is 1. The Morgan fingerprint density at radius 1 is 1.22 bits per heavy atom. The van der Waals surface area contributed by atoms with Gasteiger partial charge in [0.25, 0.3) is 0 Å². The zero-order chi connectivity index (χ0) is 19.6. The maximum atomic E-state index is 12.5. The Kier molecular flexibility index (Phi) is 5.58. The molecule has 0 saturated heterocycles. The van der Waals surface area contributed by atoms with Crippen LogP contribution in [0.1, 0.15) is 23.1 Å². The minimum absolute atomic E-state index is 0.0570. The Labute approximate surface area is 164 Å². The number of amides is 1. The van der Waals surface area contributed by atoms with Gasteiger partial charge in [-0.05, 0) is 54.3 Å². The molecule has 2 aromatic rings. The van der Waals surface area contributed by atoms with E-state index >= 15 is 0 Å². The van der Waals surface area contributed by atoms with Crippen LogP contribution in [0.25, 0.3) is 0 Å². The largest absolute Gasteiger partial charge is 0.308 e. The number of rotatable bonds is 6. The molecule has 0 unspecified atom stereocenters. The number of sulfonamides is 1. The van der Waals surface area contributed by atoms with E-state index in [1.807, 2.05) is 13.0 Å². The van der Waals surface area contributed by atoms with Crippen LogP contribution in [-0.4, -0.2) is 20.9 Å². The number of aryl methyl sites for hydroxylation is 2. The summed E-state index contributed by atoms with van der Waals surface area (Å²) in [7, 11) is -3.57. The third kappa shape index (κ3) is 4.51. The topological polar surface area (TPSA) is 66.5 Å². The molecule has 1 amide bonds. The zero-order valence-corrected chi connectivity index (χ0v) is 16.6. The molecule has 1 heterocycles. The van der Waals surface area contributed by atoms with Crippen molar-refractivity contribution in [3.8, 4) is 0 Å². The molecule has 27 heavy (non-hydrogen) atoms. The van der Waals surface area contributed by atoms with E-state index in [9.17, 15) is 13.2 Å². The van der Waals surface area contributed by atoms with E-state index in [0.717, 1.165) is 16.8 Å². The lowest BCUT2D eigenvalue weighted by Crippen LogP contribution is -2.35. The van der Waals surface area contributed by atoms with Crippen LogP contribution >= 0.6 is 11.6 Å². The summed E-state index contributed by atoms with van der Waals surface area (Å²) in [5.74, 6) is -0.0805. The molecule has 0 spiro atoms. The summed E-state index contributed by atoms with van der Waals surface area (Å²) in [5.41, 5.74) is 3.83. The van der Waals surface area contributed by atoms with Crippen molar-refractivity contribution in [2.45, 2.75) is 25.5 Å². The first kappa shape index (κ1) is 19.5. The molecule has 0 atom stereocenters. The Bertz CT molecular complexity index is 985. The molecule has 3 rings (SSSR count). The number of halogens is 1. The zero-order valence-electron chi connectivity index (χ0n) is 15.0. The highest BCUT2D eigenvalue weighted by molar-refractivity contribution is 7.91. The molecule has 0 radical (unpaired) electrons. The molecule has 0 aliphatic carbocycles. The average Bonchev–Trinajstić information content (AvgIpc) is 2.59. The van der Waals surface area contributed by atoms with Gasteiger partial charge in [-0.3, -0.25) is 9.52 Å². The maximum Gasteiger partial charge on any atom is 0.236 e. The third-order valence-electron chi connectivity index (χ3n) is 4.41. The number of hydrogen-bond acceptors (Lipinski definition) is 3. The molecule has 1 N–H and O–H groups in total. The number of carbonyl (C=O) groups is 1. The van der Waals surface area contributed by atoms with Gasteiger partial charge >= 0.3 is 0 Å². The van der Waals surface area contributed by atoms with Crippen molar-refractivity contribution < 1.29 is 13.2 Å². The van der Waals surface area contributed by atoms with Crippen molar-refractivity contribution in [3.05, 3.63) is 70.8 Å². The molecular formula is C20H21ClN2O3S. The predicted octanol–water partition coefficient (Wildman–Crippen LogP) is 4.06. The second-order valence-corrected chi connectivity index (χ2v) is 8.74. The molecule has 142 valence electrons. The van der Waals surface area contributed by atoms with Crippen molar-refractivity contribution in [2.75, 3.05) is 16.2 Å². The molecule has 2 aromatic carbocycles. The van der Waals surface area contributed by atoms with E-state index in [1.165, 1.54) is 0 Å². The van der Waals surface area contributed by atoms with Gasteiger partial charge in [0.05, 0.1) is 11.4 Å². The second kappa shape index (κ2) is 7.74. The quantitative estimate of drug-likeness (QED) is 0.738. The normalized spacial score (nSPS) is 14.0. The average molecular weight is 405 g/mol. The molecule has 0 bridgehead atoms. The third-order valence-corrected chi connectivity index (χ3v) is 5.93. The van der Waals surface area contributed by atoms with E-state index < -0.39 is 10.0 Å². The fourth-order valence-electron chi connectivity index (χ4n) is 3.33. The van der Waals surface area contributed by atoms with E-state index in [2.05, 4.69) is 11.3 Å². The van der Waals surface area contributed by atoms with Crippen molar-refractivity contribution in [1.82, 2.24) is 0 Å². The van der Waals surface area contributed by atoms with E-state index in [1.54, 1.807) is 41.3 Å². The predicted molar refractivity (Wildman–Crippen MR) is 110 cm³/mol. The van der Waals surface area contributed by atoms with Gasteiger partial charge in [-0.25, -0.2) is 8.42 Å². The second-order valence-electron chi connectivity index (χ2n) is 6.58. The number of benzene rings is 2. The van der Waals surface area contributed by atoms with Gasteiger partial charge in [0.2, 0.25) is 15.9 Å². The maximum absolute atomic E-state index is 12.5. The highest BCUT2D eigenvalue weighted by Crippen LogP contribution is 2.34. The molecule has 5 nitrogen and oxygen atoms in total. The highest BCUT2D eigenvalue weighted by atomic mass is 35.5. The van der Waals surface area contributed by atoms with Crippen LogP contribution in [0.2, 0.25) is 5.02 Å². The fraction of sp³-hybridized carbons (Fsp3) is 0.250. The number of nitrogens with one attached hydrogen (secondary N) is 1. The van der Waals surface area contributed by atoms with Crippen molar-refractivity contribution in [3.63, 3.8) is 0 Å². The van der Waals surface area contributed by atoms with Crippen LogP contribution in [-0.2, 0) is 27.0 Å². The summed E-state index contributed by atoms with van der Waals surface area (Å²) in [5, 5.41) is 0.563. The smallest absolute Gasteiger partial charge is 0.236 e. The van der Waals surface area contributed by atoms with Gasteiger partial charge in [-0.1, -0.05) is 29.8 Å². The van der Waals surface area contributed by atoms with Crippen LogP contribution in [0.15, 0.2) is 49.1 Å². The van der Waals surface area contributed by atoms with E-state index in [4.69, 9.17) is 11.6 Å². The number of anilines is 2. The van der Waals surface area contributed by atoms with Gasteiger partial charge in [-0.2, -0.15) is 0 Å². The number of nitrogens with zero attached hydrogens (tertiary/aromatic N) is 1. The van der Waals surface area contributed by atoms with Gasteiger partial charge in [-0.15, -0.1) is 6.58 Å². The van der Waals surface area contributed by atoms with E-state index in [0.29, 0.717) is 35.7 Å². The van der Waals surface area contributed by atoms with Crippen LogP contribution in [0.3, 0.4) is 0 Å². The summed E-state index contributed by atoms with van der Waals surface area (Å²) >= 11 is 5.84.